The Kier molecular flexibility index (Phi) is 4.31. The summed E-state index contributed by atoms with van der Waals surface area (Å²) in [5.74, 6) is -1.00. The molecule has 5 heteroatoms. The highest BCUT2D eigenvalue weighted by Gasteiger charge is 2.08. The molecule has 1 aromatic carbocycles. The molecule has 1 aromatic rings. The number of rotatable bonds is 4. The zero-order chi connectivity index (χ0) is 12.1. The molecule has 0 aliphatic heterocycles. The van der Waals surface area contributed by atoms with Crippen LogP contribution in [0.1, 0.15) is 22.3 Å². The minimum absolute atomic E-state index is 0.145. The summed E-state index contributed by atoms with van der Waals surface area (Å²) < 4.78 is 0. The molecule has 1 rings (SSSR count). The molecule has 0 saturated heterocycles. The van der Waals surface area contributed by atoms with Crippen LogP contribution in [0.25, 0.3) is 0 Å². The van der Waals surface area contributed by atoms with Crippen molar-refractivity contribution >= 4 is 29.2 Å². The predicted octanol–water partition coefficient (Wildman–Crippen LogP) is 2.26. The number of hydrogen-bond donors (Lipinski definition) is 2. The summed E-state index contributed by atoms with van der Waals surface area (Å²) in [4.78, 5) is 22.0. The van der Waals surface area contributed by atoms with Gasteiger partial charge in [0.05, 0.1) is 5.56 Å². The Hall–Kier alpha value is -1.55. The van der Waals surface area contributed by atoms with Crippen molar-refractivity contribution in [2.75, 3.05) is 11.2 Å². The molecule has 0 heterocycles. The maximum absolute atomic E-state index is 11.3. The van der Waals surface area contributed by atoms with Crippen LogP contribution in [0.5, 0.6) is 0 Å². The van der Waals surface area contributed by atoms with Gasteiger partial charge in [-0.3, -0.25) is 4.79 Å². The molecule has 0 aromatic heterocycles. The van der Waals surface area contributed by atoms with Gasteiger partial charge in [0.2, 0.25) is 5.91 Å². The van der Waals surface area contributed by atoms with Gasteiger partial charge >= 0.3 is 5.97 Å². The first-order valence-electron chi connectivity index (χ1n) is 4.74. The lowest BCUT2D eigenvalue weighted by Crippen LogP contribution is -2.13. The summed E-state index contributed by atoms with van der Waals surface area (Å²) in [6, 6.07) is 4.58. The fraction of sp³-hybridized carbons (Fsp3) is 0.273. The fourth-order valence-electron chi connectivity index (χ4n) is 1.19. The average Bonchev–Trinajstić information content (AvgIpc) is 2.21. The molecule has 0 radical (unpaired) electrons. The van der Waals surface area contributed by atoms with Crippen LogP contribution in [0.15, 0.2) is 18.2 Å². The fourth-order valence-corrected chi connectivity index (χ4v) is 1.36. The van der Waals surface area contributed by atoms with Gasteiger partial charge in [-0.15, -0.1) is 11.6 Å². The molecule has 0 spiro atoms. The number of aryl methyl sites for hydroxylation is 1. The van der Waals surface area contributed by atoms with E-state index < -0.39 is 5.97 Å². The molecule has 86 valence electrons. The molecule has 16 heavy (non-hydrogen) atoms. The van der Waals surface area contributed by atoms with Crippen LogP contribution in [0.4, 0.5) is 5.69 Å². The number of nitrogens with one attached hydrogen (secondary N) is 1. The van der Waals surface area contributed by atoms with Gasteiger partial charge in [-0.25, -0.2) is 4.79 Å². The Morgan fingerprint density at radius 2 is 2.12 bits per heavy atom. The van der Waals surface area contributed by atoms with Gasteiger partial charge in [0.1, 0.15) is 0 Å². The van der Waals surface area contributed by atoms with Crippen LogP contribution >= 0.6 is 11.6 Å². The van der Waals surface area contributed by atoms with Gasteiger partial charge < -0.3 is 10.4 Å². The second kappa shape index (κ2) is 5.51. The topological polar surface area (TPSA) is 66.4 Å². The molecule has 4 nitrogen and oxygen atoms in total. The van der Waals surface area contributed by atoms with Gasteiger partial charge in [0, 0.05) is 18.0 Å². The summed E-state index contributed by atoms with van der Waals surface area (Å²) >= 11 is 5.43. The highest BCUT2D eigenvalue weighted by atomic mass is 35.5. The Bertz CT molecular complexity index is 418. The molecule has 2 N–H and O–H groups in total. The lowest BCUT2D eigenvalue weighted by Gasteiger charge is -2.08. The Balaban J connectivity index is 2.90. The molecular weight excluding hydrogens is 230 g/mol. The predicted molar refractivity (Wildman–Crippen MR) is 62.1 cm³/mol. The van der Waals surface area contributed by atoms with E-state index in [0.717, 1.165) is 5.56 Å². The number of halogens is 1. The third kappa shape index (κ3) is 3.24. The quantitative estimate of drug-likeness (QED) is 0.795. The van der Waals surface area contributed by atoms with Crippen LogP contribution in [0.3, 0.4) is 0 Å². The van der Waals surface area contributed by atoms with E-state index in [1.165, 1.54) is 12.1 Å². The normalized spacial score (nSPS) is 9.88. The summed E-state index contributed by atoms with van der Waals surface area (Å²) in [5.41, 5.74) is 1.47. The second-order valence-electron chi connectivity index (χ2n) is 3.32. The van der Waals surface area contributed by atoms with Crippen LogP contribution in [-0.4, -0.2) is 22.9 Å². The van der Waals surface area contributed by atoms with Crippen molar-refractivity contribution in [1.29, 1.82) is 0 Å². The van der Waals surface area contributed by atoms with Crippen LogP contribution < -0.4 is 5.32 Å². The largest absolute Gasteiger partial charge is 0.478 e. The van der Waals surface area contributed by atoms with E-state index in [9.17, 15) is 9.59 Å². The summed E-state index contributed by atoms with van der Waals surface area (Å²) in [6.45, 7) is 1.79. The molecule has 0 fully saturated rings. The lowest BCUT2D eigenvalue weighted by molar-refractivity contribution is -0.115. The lowest BCUT2D eigenvalue weighted by atomic mass is 10.1. The average molecular weight is 242 g/mol. The van der Waals surface area contributed by atoms with Crippen LogP contribution in [-0.2, 0) is 4.79 Å². The van der Waals surface area contributed by atoms with Crippen LogP contribution in [0.2, 0.25) is 0 Å². The van der Waals surface area contributed by atoms with E-state index >= 15 is 0 Å². The summed E-state index contributed by atoms with van der Waals surface area (Å²) in [7, 11) is 0. The highest BCUT2D eigenvalue weighted by Crippen LogP contribution is 2.17. The summed E-state index contributed by atoms with van der Waals surface area (Å²) in [5, 5.41) is 11.4. The number of carboxylic acid groups (broad SMARTS) is 1. The molecule has 1 amide bonds. The van der Waals surface area contributed by atoms with Gasteiger partial charge in [-0.05, 0) is 24.6 Å². The van der Waals surface area contributed by atoms with Gasteiger partial charge in [-0.2, -0.15) is 0 Å². The molecule has 0 atom stereocenters. The maximum atomic E-state index is 11.3. The van der Waals surface area contributed by atoms with Gasteiger partial charge in [-0.1, -0.05) is 6.07 Å². The molecule has 0 aliphatic rings. The second-order valence-corrected chi connectivity index (χ2v) is 3.70. The van der Waals surface area contributed by atoms with Crippen molar-refractivity contribution < 1.29 is 14.7 Å². The van der Waals surface area contributed by atoms with Crippen molar-refractivity contribution in [3.05, 3.63) is 29.3 Å². The Labute approximate surface area is 98.2 Å². The molecule has 0 saturated carbocycles. The van der Waals surface area contributed by atoms with Crippen LogP contribution in [0, 0.1) is 6.92 Å². The Morgan fingerprint density at radius 3 is 2.69 bits per heavy atom. The number of amides is 1. The van der Waals surface area contributed by atoms with E-state index in [1.807, 2.05) is 0 Å². The van der Waals surface area contributed by atoms with E-state index in [0.29, 0.717) is 5.69 Å². The highest BCUT2D eigenvalue weighted by molar-refractivity contribution is 6.19. The smallest absolute Gasteiger partial charge is 0.335 e. The van der Waals surface area contributed by atoms with E-state index in [2.05, 4.69) is 5.32 Å². The SMILES string of the molecule is Cc1ccc(C(=O)O)cc1NC(=O)CCCl. The van der Waals surface area contributed by atoms with Gasteiger partial charge in [0.15, 0.2) is 0 Å². The van der Waals surface area contributed by atoms with Crippen molar-refractivity contribution in [2.45, 2.75) is 13.3 Å². The van der Waals surface area contributed by atoms with E-state index in [-0.39, 0.29) is 23.8 Å². The van der Waals surface area contributed by atoms with E-state index in [4.69, 9.17) is 16.7 Å². The first-order chi connectivity index (χ1) is 7.54. The van der Waals surface area contributed by atoms with E-state index in [1.54, 1.807) is 13.0 Å². The first kappa shape index (κ1) is 12.5. The molecule has 0 aliphatic carbocycles. The number of carbonyl (C=O) groups excluding carboxylic acids is 1. The molecular formula is C11H12ClNO3. The van der Waals surface area contributed by atoms with Crippen molar-refractivity contribution in [3.8, 4) is 0 Å². The standard InChI is InChI=1S/C11H12ClNO3/c1-7-2-3-8(11(15)16)6-9(7)13-10(14)4-5-12/h2-3,6H,4-5H2,1H3,(H,13,14)(H,15,16). The number of hydrogen-bond acceptors (Lipinski definition) is 2. The number of alkyl halides is 1. The number of benzene rings is 1. The third-order valence-corrected chi connectivity index (χ3v) is 2.27. The first-order valence-corrected chi connectivity index (χ1v) is 5.28. The Morgan fingerprint density at radius 1 is 1.44 bits per heavy atom. The zero-order valence-corrected chi connectivity index (χ0v) is 9.54. The van der Waals surface area contributed by atoms with Gasteiger partial charge in [0.25, 0.3) is 0 Å². The number of aromatic carboxylic acids is 1. The number of carboxylic acids is 1. The minimum atomic E-state index is -1.02. The number of carbonyl (C=O) groups is 2. The molecule has 0 bridgehead atoms. The summed E-state index contributed by atoms with van der Waals surface area (Å²) in [6.07, 6.45) is 0.207. The van der Waals surface area contributed by atoms with Crippen molar-refractivity contribution in [1.82, 2.24) is 0 Å². The van der Waals surface area contributed by atoms with Crippen molar-refractivity contribution in [3.63, 3.8) is 0 Å². The molecule has 0 unspecified atom stereocenters. The maximum Gasteiger partial charge on any atom is 0.335 e. The third-order valence-electron chi connectivity index (χ3n) is 2.08. The zero-order valence-electron chi connectivity index (χ0n) is 8.79. The number of anilines is 1. The minimum Gasteiger partial charge on any atom is -0.478 e. The monoisotopic (exact) mass is 241 g/mol. The van der Waals surface area contributed by atoms with Crippen molar-refractivity contribution in [2.24, 2.45) is 0 Å².